The van der Waals surface area contributed by atoms with Crippen LogP contribution in [0.25, 0.3) is 0 Å². The second-order valence-corrected chi connectivity index (χ2v) is 32.6. The lowest BCUT2D eigenvalue weighted by Crippen LogP contribution is -2.59. The van der Waals surface area contributed by atoms with Crippen molar-refractivity contribution in [3.63, 3.8) is 0 Å². The number of aliphatic imine (C=N–C) groups is 2. The third kappa shape index (κ3) is 24.9. The molecule has 2 aromatic carbocycles. The van der Waals surface area contributed by atoms with Gasteiger partial charge in [-0.3, -0.25) is 62.7 Å². The maximum Gasteiger partial charge on any atom is 0.325 e. The Morgan fingerprint density at radius 3 is 1.08 bits per heavy atom. The molecule has 580 valence electrons. The van der Waals surface area contributed by atoms with Crippen molar-refractivity contribution in [3.8, 4) is 11.5 Å². The van der Waals surface area contributed by atoms with Crippen molar-refractivity contribution in [2.75, 3.05) is 13.1 Å². The highest BCUT2D eigenvalue weighted by molar-refractivity contribution is 7.90. The molecule has 0 aliphatic carbocycles. The Labute approximate surface area is 607 Å². The van der Waals surface area contributed by atoms with Gasteiger partial charge < -0.3 is 78.1 Å². The number of aliphatic carboxylic acids is 1. The fraction of sp³-hybridized carbons (Fsp3) is 0.632. The van der Waals surface area contributed by atoms with Crippen LogP contribution < -0.4 is 72.9 Å². The van der Waals surface area contributed by atoms with Gasteiger partial charge in [0.25, 0.3) is 20.0 Å². The topological polar surface area (TPSA) is 510 Å². The SMILES string of the molecule is CC(=O)N[C@@H](CCCN=C(N)NS(=O)(=O)c1c(C)c(C)c2c(c1C)CC(C)(C)O2)C(=O)N[C@@H](C)C(=O)N[C@@H](CC(=O)OC(C)(C)C)C(=O)N[C@@H](C)C(=O)N[C@@H](CCCN=C(N)NS(=O)(=O)c1c(C)c(C)c2c(c1C)CC(C)(C)O2)C(=O)N[C@@H](C)C(=O)N[C@@H](CC(=O)OC(C)(C)C)C(=O)N[C@@H](C)C(=O)O. The van der Waals surface area contributed by atoms with Gasteiger partial charge in [0.15, 0.2) is 0 Å². The minimum Gasteiger partial charge on any atom is -0.487 e. The zero-order valence-corrected chi connectivity index (χ0v) is 64.9. The van der Waals surface area contributed by atoms with E-state index >= 15 is 0 Å². The van der Waals surface area contributed by atoms with E-state index in [-0.39, 0.29) is 48.6 Å². The maximum atomic E-state index is 14.3. The van der Waals surface area contributed by atoms with Gasteiger partial charge in [-0.15, -0.1) is 0 Å². The highest BCUT2D eigenvalue weighted by Gasteiger charge is 2.40. The molecule has 8 amide bonds. The smallest absolute Gasteiger partial charge is 0.325 e. The number of nitrogens with zero attached hydrogens (tertiary/aromatic N) is 2. The highest BCUT2D eigenvalue weighted by Crippen LogP contribution is 2.45. The number of nitrogens with two attached hydrogens (primary N) is 2. The molecule has 0 saturated carbocycles. The van der Waals surface area contributed by atoms with E-state index in [2.05, 4.69) is 62.0 Å². The average Bonchev–Trinajstić information content (AvgIpc) is 1.52. The second kappa shape index (κ2) is 35.0. The first-order chi connectivity index (χ1) is 47.6. The van der Waals surface area contributed by atoms with Crippen molar-refractivity contribution >= 4 is 97.1 Å². The summed E-state index contributed by atoms with van der Waals surface area (Å²) in [5, 5.41) is 28.6. The predicted molar refractivity (Wildman–Crippen MR) is 383 cm³/mol. The van der Waals surface area contributed by atoms with E-state index in [1.165, 1.54) is 41.5 Å². The van der Waals surface area contributed by atoms with E-state index in [0.29, 0.717) is 57.7 Å². The molecule has 0 bridgehead atoms. The number of sulfonamides is 2. The summed E-state index contributed by atoms with van der Waals surface area (Å²) in [6.45, 7) is 32.5. The molecule has 8 atom stereocenters. The standard InChI is InChI=1S/C68H106N14O20S2/c1-32-34(3)53(36(5)43-30-67(18,19)101-51(32)43)103(95,96)81-63(69)71-26-22-24-45(77-42(11)83)58(89)73-39(8)56(87)79-47(28-49(84)99-65(12,13)14)60(91)75-38(7)55(86)78-46(59(90)74-40(9)57(88)80-48(29-50(85)100-66(15,16)17)61(92)76-41(10)62(93)94)25-23-27-72-64(70)82-104(97,98)54-35(4)33(2)52-44(37(54)6)31-68(20,21)102-52/h38-41,45-48H,22-31H2,1-21H3,(H,73,89)(H,74,90)(H,75,91)(H,76,92)(H,77,83)(H,78,86)(H,79,87)(H,80,88)(H,93,94)(H3,69,71,81)(H3,70,72,82)/t38-,39-,40-,41-,45-,46-,47-,48-/m0/s1. The Hall–Kier alpha value is -9.35. The third-order valence-electron chi connectivity index (χ3n) is 16.6. The number of carboxylic acid groups (broad SMARTS) is 1. The van der Waals surface area contributed by atoms with Gasteiger partial charge in [-0.1, -0.05) is 0 Å². The first kappa shape index (κ1) is 87.1. The van der Waals surface area contributed by atoms with Crippen LogP contribution in [0.2, 0.25) is 0 Å². The van der Waals surface area contributed by atoms with Gasteiger partial charge in [-0.05, 0) is 198 Å². The molecule has 2 heterocycles. The second-order valence-electron chi connectivity index (χ2n) is 29.4. The van der Waals surface area contributed by atoms with Crippen molar-refractivity contribution in [1.82, 2.24) is 52.0 Å². The van der Waals surface area contributed by atoms with Crippen LogP contribution in [0.3, 0.4) is 0 Å². The number of carbonyl (C=O) groups is 11. The number of carbonyl (C=O) groups excluding carboxylic acids is 10. The van der Waals surface area contributed by atoms with Crippen LogP contribution in [-0.2, 0) is 95.1 Å². The molecule has 36 heteroatoms. The van der Waals surface area contributed by atoms with Crippen LogP contribution in [0.4, 0.5) is 0 Å². The molecular weight excluding hydrogens is 1400 g/mol. The van der Waals surface area contributed by atoms with Gasteiger partial charge in [0.2, 0.25) is 59.2 Å². The maximum absolute atomic E-state index is 14.3. The molecular formula is C68H106N14O20S2. The summed E-state index contributed by atoms with van der Waals surface area (Å²) in [7, 11) is -8.62. The molecule has 0 unspecified atom stereocenters. The van der Waals surface area contributed by atoms with Crippen molar-refractivity contribution in [2.24, 2.45) is 21.5 Å². The summed E-state index contributed by atoms with van der Waals surface area (Å²) < 4.78 is 83.1. The van der Waals surface area contributed by atoms with Gasteiger partial charge in [0, 0.05) is 44.0 Å². The van der Waals surface area contributed by atoms with Crippen LogP contribution >= 0.6 is 0 Å². The molecule has 34 nitrogen and oxygen atoms in total. The van der Waals surface area contributed by atoms with E-state index < -0.39 is 181 Å². The number of hydrogen-bond donors (Lipinski definition) is 13. The zero-order chi connectivity index (χ0) is 79.4. The highest BCUT2D eigenvalue weighted by atomic mass is 32.2. The molecule has 4 rings (SSSR count). The molecule has 0 radical (unpaired) electrons. The Morgan fingerprint density at radius 2 is 0.769 bits per heavy atom. The first-order valence-electron chi connectivity index (χ1n) is 33.9. The number of amides is 8. The molecule has 0 aromatic heterocycles. The first-order valence-corrected chi connectivity index (χ1v) is 36.9. The Balaban J connectivity index is 1.55. The van der Waals surface area contributed by atoms with E-state index in [1.54, 1.807) is 62.3 Å². The van der Waals surface area contributed by atoms with E-state index in [0.717, 1.165) is 25.0 Å². The average molecular weight is 1500 g/mol. The molecule has 0 saturated heterocycles. The number of benzene rings is 2. The molecule has 2 aromatic rings. The lowest BCUT2D eigenvalue weighted by Gasteiger charge is -2.26. The minimum absolute atomic E-state index is 0.0238. The molecule has 0 spiro atoms. The Bertz CT molecular complexity index is 3970. The fourth-order valence-electron chi connectivity index (χ4n) is 11.4. The normalized spacial score (nSPS) is 16.4. The molecule has 15 N–H and O–H groups in total. The van der Waals surface area contributed by atoms with Gasteiger partial charge in [-0.2, -0.15) is 0 Å². The molecule has 2 aliphatic heterocycles. The van der Waals surface area contributed by atoms with Crippen molar-refractivity contribution in [2.45, 2.75) is 277 Å². The zero-order valence-electron chi connectivity index (χ0n) is 63.3. The number of ether oxygens (including phenoxy) is 4. The number of rotatable bonds is 32. The molecule has 0 fully saturated rings. The fourth-order valence-corrected chi connectivity index (χ4v) is 14.5. The van der Waals surface area contributed by atoms with Gasteiger partial charge in [0.05, 0.1) is 22.6 Å². The van der Waals surface area contributed by atoms with E-state index in [4.69, 9.17) is 30.4 Å². The summed E-state index contributed by atoms with van der Waals surface area (Å²) >= 11 is 0. The number of hydrogen-bond acceptors (Lipinski definition) is 21. The van der Waals surface area contributed by atoms with E-state index in [1.807, 2.05) is 27.7 Å². The lowest BCUT2D eigenvalue weighted by atomic mass is 9.94. The molecule has 2 aliphatic rings. The minimum atomic E-state index is -4.36. The van der Waals surface area contributed by atoms with Crippen LogP contribution in [-0.4, -0.2) is 183 Å². The quantitative estimate of drug-likeness (QED) is 0.0210. The Kier molecular flexibility index (Phi) is 29.3. The summed E-state index contributed by atoms with van der Waals surface area (Å²) in [6, 6.07) is -12.6. The van der Waals surface area contributed by atoms with Crippen molar-refractivity contribution in [3.05, 3.63) is 44.5 Å². The van der Waals surface area contributed by atoms with Crippen LogP contribution in [0.5, 0.6) is 11.5 Å². The third-order valence-corrected chi connectivity index (χ3v) is 19.9. The lowest BCUT2D eigenvalue weighted by molar-refractivity contribution is -0.157. The predicted octanol–water partition coefficient (Wildman–Crippen LogP) is 0.937. The monoisotopic (exact) mass is 1500 g/mol. The van der Waals surface area contributed by atoms with Gasteiger partial charge in [-0.25, -0.2) is 26.3 Å². The van der Waals surface area contributed by atoms with Crippen LogP contribution in [0.1, 0.15) is 187 Å². The van der Waals surface area contributed by atoms with Crippen LogP contribution in [0.15, 0.2) is 19.8 Å². The van der Waals surface area contributed by atoms with Gasteiger partial charge in [0.1, 0.15) is 82.2 Å². The summed E-state index contributed by atoms with van der Waals surface area (Å²) in [5.41, 5.74) is 13.6. The van der Waals surface area contributed by atoms with Crippen molar-refractivity contribution < 1.29 is 93.6 Å². The summed E-state index contributed by atoms with van der Waals surface area (Å²) in [6.07, 6.45) is -1.20. The number of guanidine groups is 2. The number of esters is 2. The summed E-state index contributed by atoms with van der Waals surface area (Å²) in [4.78, 5) is 156. The van der Waals surface area contributed by atoms with Gasteiger partial charge >= 0.3 is 17.9 Å². The van der Waals surface area contributed by atoms with Crippen LogP contribution in [0, 0.1) is 41.5 Å². The summed E-state index contributed by atoms with van der Waals surface area (Å²) in [5.74, 6) is -11.1. The number of nitrogens with one attached hydrogen (secondary N) is 10. The molecule has 104 heavy (non-hydrogen) atoms. The number of carboxylic acids is 1. The van der Waals surface area contributed by atoms with E-state index in [9.17, 15) is 74.7 Å². The Morgan fingerprint density at radius 1 is 0.471 bits per heavy atom. The number of fused-ring (bicyclic) bond motifs is 2. The largest absolute Gasteiger partial charge is 0.487 e. The van der Waals surface area contributed by atoms with Crippen molar-refractivity contribution in [1.29, 1.82) is 0 Å².